The topological polar surface area (TPSA) is 75.1 Å². The van der Waals surface area contributed by atoms with Crippen molar-refractivity contribution in [3.05, 3.63) is 10.4 Å². The molecule has 0 radical (unpaired) electrons. The number of amides is 1. The van der Waals surface area contributed by atoms with Gasteiger partial charge in [0.25, 0.3) is 0 Å². The lowest BCUT2D eigenvalue weighted by Gasteiger charge is -2.35. The summed E-state index contributed by atoms with van der Waals surface area (Å²) in [5, 5.41) is 3.39. The molecule has 0 saturated carbocycles. The van der Waals surface area contributed by atoms with E-state index >= 15 is 0 Å². The Hall–Kier alpha value is 0.220. The second kappa shape index (κ2) is 5.34. The average molecular weight is 394 g/mol. The van der Waals surface area contributed by atoms with Crippen molar-refractivity contribution >= 4 is 53.9 Å². The molecular weight excluding hydrogens is 386 g/mol. The molecule has 0 bridgehead atoms. The molecule has 0 spiro atoms. The highest BCUT2D eigenvalue weighted by Crippen LogP contribution is 2.46. The summed E-state index contributed by atoms with van der Waals surface area (Å²) in [7, 11) is 0. The third-order valence-corrected chi connectivity index (χ3v) is 5.34. The Labute approximate surface area is 107 Å². The Morgan fingerprint density at radius 1 is 1.57 bits per heavy atom. The van der Waals surface area contributed by atoms with Gasteiger partial charge in [-0.15, -0.1) is 0 Å². The largest absolute Gasteiger partial charge is 0.432 e. The number of alkyl halides is 3. The quantitative estimate of drug-likeness (QED) is 0.310. The van der Waals surface area contributed by atoms with Crippen LogP contribution in [0, 0.1) is 5.41 Å². The van der Waals surface area contributed by atoms with E-state index in [2.05, 4.69) is 57.8 Å². The number of carbonyl (C=O) groups is 1. The van der Waals surface area contributed by atoms with Crippen molar-refractivity contribution in [2.75, 3.05) is 5.33 Å². The fraction of sp³-hybridized carbons (Fsp3) is 0.833. The number of azide groups is 1. The molecule has 0 rings (SSSR count). The molecule has 0 atom stereocenters. The number of hydrogen-bond acceptors (Lipinski definition) is 2. The molecule has 0 aliphatic rings. The van der Waals surface area contributed by atoms with Gasteiger partial charge >= 0.3 is 6.09 Å². The fourth-order valence-corrected chi connectivity index (χ4v) is 2.09. The number of halogens is 3. The van der Waals surface area contributed by atoms with Gasteiger partial charge in [0.15, 0.2) is 0 Å². The van der Waals surface area contributed by atoms with Crippen molar-refractivity contribution in [3.8, 4) is 0 Å². The normalized spacial score (nSPS) is 11.8. The molecule has 0 aliphatic heterocycles. The van der Waals surface area contributed by atoms with Crippen molar-refractivity contribution < 1.29 is 9.53 Å². The SMILES string of the molecule is CC(C)(CBr)C(Br)(Br)OC(=O)N=[N+]=[N-]. The van der Waals surface area contributed by atoms with Crippen molar-refractivity contribution in [2.45, 2.75) is 17.3 Å². The van der Waals surface area contributed by atoms with Crippen LogP contribution in [0.3, 0.4) is 0 Å². The van der Waals surface area contributed by atoms with E-state index < -0.39 is 14.9 Å². The van der Waals surface area contributed by atoms with Crippen LogP contribution in [0.5, 0.6) is 0 Å². The van der Waals surface area contributed by atoms with Gasteiger partial charge in [-0.2, -0.15) is 0 Å². The molecule has 14 heavy (non-hydrogen) atoms. The molecule has 0 fully saturated rings. The standard InChI is InChI=1S/C6H8Br3N3O2/c1-5(2,3-7)6(8,9)14-4(13)11-12-10/h3H2,1-2H3. The molecular formula is C6H8Br3N3O2. The van der Waals surface area contributed by atoms with Crippen LogP contribution in [-0.2, 0) is 4.74 Å². The minimum absolute atomic E-state index is 0.409. The Bertz CT molecular complexity index is 273. The molecule has 0 aliphatic carbocycles. The minimum atomic E-state index is -1.07. The third kappa shape index (κ3) is 3.76. The lowest BCUT2D eigenvalue weighted by molar-refractivity contribution is 0.0837. The number of ether oxygens (including phenoxy) is 1. The molecule has 5 nitrogen and oxygen atoms in total. The van der Waals surface area contributed by atoms with Gasteiger partial charge in [0.05, 0.1) is 0 Å². The van der Waals surface area contributed by atoms with Gasteiger partial charge in [0.1, 0.15) is 0 Å². The van der Waals surface area contributed by atoms with E-state index in [-0.39, 0.29) is 0 Å². The van der Waals surface area contributed by atoms with Gasteiger partial charge < -0.3 is 4.74 Å². The predicted molar refractivity (Wildman–Crippen MR) is 63.8 cm³/mol. The van der Waals surface area contributed by atoms with E-state index in [1.165, 1.54) is 0 Å². The highest BCUT2D eigenvalue weighted by Gasteiger charge is 2.43. The van der Waals surface area contributed by atoms with Crippen LogP contribution < -0.4 is 0 Å². The van der Waals surface area contributed by atoms with Crippen molar-refractivity contribution in [3.63, 3.8) is 0 Å². The van der Waals surface area contributed by atoms with Crippen LogP contribution >= 0.6 is 47.8 Å². The summed E-state index contributed by atoms with van der Waals surface area (Å²) in [5.74, 6) is 0. The first kappa shape index (κ1) is 14.2. The maximum absolute atomic E-state index is 10.9. The molecule has 0 N–H and O–H groups in total. The summed E-state index contributed by atoms with van der Waals surface area (Å²) in [6.07, 6.45) is -0.990. The van der Waals surface area contributed by atoms with Crippen LogP contribution in [0.1, 0.15) is 13.8 Å². The first-order valence-electron chi connectivity index (χ1n) is 3.48. The van der Waals surface area contributed by atoms with E-state index in [1.807, 2.05) is 13.8 Å². The lowest BCUT2D eigenvalue weighted by Crippen LogP contribution is -2.38. The summed E-state index contributed by atoms with van der Waals surface area (Å²) in [4.78, 5) is 13.2. The molecule has 0 aromatic rings. The summed E-state index contributed by atoms with van der Waals surface area (Å²) < 4.78 is 3.81. The average Bonchev–Trinajstić information content (AvgIpc) is 2.03. The number of hydrogen-bond donors (Lipinski definition) is 0. The molecule has 0 heterocycles. The van der Waals surface area contributed by atoms with E-state index in [4.69, 9.17) is 10.3 Å². The van der Waals surface area contributed by atoms with Gasteiger partial charge in [-0.3, -0.25) is 0 Å². The first-order valence-corrected chi connectivity index (χ1v) is 6.19. The zero-order valence-electron chi connectivity index (χ0n) is 7.50. The summed E-state index contributed by atoms with van der Waals surface area (Å²) in [6.45, 7) is 3.71. The Balaban J connectivity index is 4.64. The second-order valence-electron chi connectivity index (χ2n) is 3.09. The molecule has 8 heteroatoms. The van der Waals surface area contributed by atoms with Crippen molar-refractivity contribution in [1.29, 1.82) is 0 Å². The highest BCUT2D eigenvalue weighted by atomic mass is 79.9. The van der Waals surface area contributed by atoms with Crippen LogP contribution in [0.4, 0.5) is 4.79 Å². The molecule has 0 aromatic heterocycles. The van der Waals surface area contributed by atoms with Gasteiger partial charge in [0, 0.05) is 20.8 Å². The van der Waals surface area contributed by atoms with Gasteiger partial charge in [0.2, 0.25) is 3.42 Å². The van der Waals surface area contributed by atoms with Gasteiger partial charge in [-0.1, -0.05) is 29.8 Å². The number of carbonyl (C=O) groups excluding carboxylic acids is 1. The van der Waals surface area contributed by atoms with Crippen LogP contribution in [0.15, 0.2) is 5.11 Å². The van der Waals surface area contributed by atoms with E-state index in [0.29, 0.717) is 5.33 Å². The monoisotopic (exact) mass is 391 g/mol. The zero-order valence-corrected chi connectivity index (χ0v) is 12.3. The highest BCUT2D eigenvalue weighted by molar-refractivity contribution is 9.25. The van der Waals surface area contributed by atoms with Gasteiger partial charge in [-0.05, 0) is 37.4 Å². The smallest absolute Gasteiger partial charge is 0.398 e. The molecule has 0 saturated heterocycles. The summed E-state index contributed by atoms with van der Waals surface area (Å²) in [6, 6.07) is 0. The zero-order chi connectivity index (χ0) is 11.4. The Morgan fingerprint density at radius 3 is 2.43 bits per heavy atom. The minimum Gasteiger partial charge on any atom is -0.432 e. The Morgan fingerprint density at radius 2 is 2.07 bits per heavy atom. The Kier molecular flexibility index (Phi) is 5.43. The molecule has 80 valence electrons. The fourth-order valence-electron chi connectivity index (χ4n) is 0.383. The number of rotatable bonds is 3. The summed E-state index contributed by atoms with van der Waals surface area (Å²) >= 11 is 9.67. The molecule has 1 amide bonds. The molecule has 0 aromatic carbocycles. The van der Waals surface area contributed by atoms with Crippen molar-refractivity contribution in [1.82, 2.24) is 0 Å². The molecule has 0 unspecified atom stereocenters. The summed E-state index contributed by atoms with van der Waals surface area (Å²) in [5.41, 5.74) is 7.60. The number of nitrogens with zero attached hydrogens (tertiary/aromatic N) is 3. The third-order valence-electron chi connectivity index (χ3n) is 1.46. The van der Waals surface area contributed by atoms with E-state index in [9.17, 15) is 4.79 Å². The van der Waals surface area contributed by atoms with E-state index in [1.54, 1.807) is 0 Å². The van der Waals surface area contributed by atoms with Crippen LogP contribution in [0.25, 0.3) is 10.4 Å². The predicted octanol–water partition coefficient (Wildman–Crippen LogP) is 4.30. The van der Waals surface area contributed by atoms with Crippen LogP contribution in [0.2, 0.25) is 0 Å². The maximum atomic E-state index is 10.9. The lowest BCUT2D eigenvalue weighted by atomic mass is 9.98. The maximum Gasteiger partial charge on any atom is 0.398 e. The second-order valence-corrected chi connectivity index (χ2v) is 6.95. The van der Waals surface area contributed by atoms with Crippen molar-refractivity contribution in [2.24, 2.45) is 10.5 Å². The van der Waals surface area contributed by atoms with Gasteiger partial charge in [-0.25, -0.2) is 4.79 Å². The van der Waals surface area contributed by atoms with E-state index in [0.717, 1.165) is 0 Å². The first-order chi connectivity index (χ1) is 6.27. The van der Waals surface area contributed by atoms with Crippen LogP contribution in [-0.4, -0.2) is 14.8 Å².